The Bertz CT molecular complexity index is 821. The van der Waals surface area contributed by atoms with Crippen molar-refractivity contribution in [2.75, 3.05) is 13.2 Å². The number of benzene rings is 1. The molecule has 6 nitrogen and oxygen atoms in total. The molecule has 1 aliphatic heterocycles. The molecule has 1 aromatic heterocycles. The summed E-state index contributed by atoms with van der Waals surface area (Å²) in [5.41, 5.74) is 0.978. The number of ether oxygens (including phenoxy) is 3. The molecule has 0 N–H and O–H groups in total. The maximum absolute atomic E-state index is 12.0. The monoisotopic (exact) mass is 355 g/mol. The van der Waals surface area contributed by atoms with Crippen LogP contribution < -0.4 is 9.47 Å². The second kappa shape index (κ2) is 8.38. The van der Waals surface area contributed by atoms with Crippen LogP contribution in [-0.4, -0.2) is 25.1 Å². The fourth-order valence-corrected chi connectivity index (χ4v) is 2.40. The molecule has 0 aliphatic carbocycles. The van der Waals surface area contributed by atoms with Gasteiger partial charge in [-0.1, -0.05) is 19.4 Å². The topological polar surface area (TPSA) is 70.3 Å². The molecule has 0 bridgehead atoms. The number of unbranched alkanes of at least 4 members (excludes halogenated alkanes) is 1. The standard InChI is InChI=1S/C20H21NO5/c1-3-5-10-24-16-9-8-14(13-18(16)23-4-2)12-15-20(22)26-19(21-15)17-7-6-11-25-17/h6-9,11-13H,3-5,10H2,1-2H3/b15-12+. The van der Waals surface area contributed by atoms with E-state index >= 15 is 0 Å². The van der Waals surface area contributed by atoms with Crippen molar-refractivity contribution in [3.63, 3.8) is 0 Å². The van der Waals surface area contributed by atoms with Crippen LogP contribution in [0.2, 0.25) is 0 Å². The van der Waals surface area contributed by atoms with Gasteiger partial charge < -0.3 is 18.6 Å². The Kier molecular flexibility index (Phi) is 5.73. The molecule has 0 saturated heterocycles. The van der Waals surface area contributed by atoms with Crippen LogP contribution in [0.25, 0.3) is 6.08 Å². The first-order chi connectivity index (χ1) is 12.7. The fraction of sp³-hybridized carbons (Fsp3) is 0.300. The first-order valence-electron chi connectivity index (χ1n) is 8.67. The first-order valence-corrected chi connectivity index (χ1v) is 8.67. The number of hydrogen-bond acceptors (Lipinski definition) is 6. The minimum Gasteiger partial charge on any atom is -0.490 e. The summed E-state index contributed by atoms with van der Waals surface area (Å²) in [6, 6.07) is 8.91. The van der Waals surface area contributed by atoms with E-state index in [9.17, 15) is 4.79 Å². The van der Waals surface area contributed by atoms with Crippen molar-refractivity contribution in [2.24, 2.45) is 4.99 Å². The maximum atomic E-state index is 12.0. The third-order valence-corrected chi connectivity index (χ3v) is 3.68. The predicted octanol–water partition coefficient (Wildman–Crippen LogP) is 4.20. The van der Waals surface area contributed by atoms with Crippen molar-refractivity contribution in [3.05, 3.63) is 53.6 Å². The van der Waals surface area contributed by atoms with E-state index in [1.54, 1.807) is 18.2 Å². The van der Waals surface area contributed by atoms with Gasteiger partial charge in [0.2, 0.25) is 0 Å². The molecule has 0 radical (unpaired) electrons. The van der Waals surface area contributed by atoms with Gasteiger partial charge in [0.25, 0.3) is 5.90 Å². The van der Waals surface area contributed by atoms with Crippen molar-refractivity contribution < 1.29 is 23.4 Å². The minimum atomic E-state index is -0.516. The Balaban J connectivity index is 1.83. The lowest BCUT2D eigenvalue weighted by Crippen LogP contribution is -2.04. The predicted molar refractivity (Wildman–Crippen MR) is 97.3 cm³/mol. The molecule has 0 unspecified atom stereocenters. The number of esters is 1. The Morgan fingerprint density at radius 2 is 2.04 bits per heavy atom. The summed E-state index contributed by atoms with van der Waals surface area (Å²) in [7, 11) is 0. The number of carbonyl (C=O) groups is 1. The molecule has 136 valence electrons. The highest BCUT2D eigenvalue weighted by atomic mass is 16.6. The lowest BCUT2D eigenvalue weighted by molar-refractivity contribution is -0.130. The largest absolute Gasteiger partial charge is 0.490 e. The number of hydrogen-bond donors (Lipinski definition) is 0. The van der Waals surface area contributed by atoms with Gasteiger partial charge in [0.1, 0.15) is 0 Å². The molecule has 3 rings (SSSR count). The van der Waals surface area contributed by atoms with Crippen LogP contribution in [0, 0.1) is 0 Å². The van der Waals surface area contributed by atoms with Crippen molar-refractivity contribution in [3.8, 4) is 11.5 Å². The van der Waals surface area contributed by atoms with Gasteiger partial charge in [-0.2, -0.15) is 0 Å². The minimum absolute atomic E-state index is 0.163. The van der Waals surface area contributed by atoms with Crippen molar-refractivity contribution in [1.82, 2.24) is 0 Å². The lowest BCUT2D eigenvalue weighted by Gasteiger charge is -2.12. The Hall–Kier alpha value is -3.02. The second-order valence-electron chi connectivity index (χ2n) is 5.65. The average Bonchev–Trinajstić information content (AvgIpc) is 3.28. The van der Waals surface area contributed by atoms with E-state index in [0.717, 1.165) is 18.4 Å². The summed E-state index contributed by atoms with van der Waals surface area (Å²) >= 11 is 0. The highest BCUT2D eigenvalue weighted by molar-refractivity contribution is 6.11. The number of furan rings is 1. The van der Waals surface area contributed by atoms with E-state index in [2.05, 4.69) is 11.9 Å². The summed E-state index contributed by atoms with van der Waals surface area (Å²) < 4.78 is 21.8. The molecule has 0 amide bonds. The summed E-state index contributed by atoms with van der Waals surface area (Å²) in [6.07, 6.45) is 5.19. The Morgan fingerprint density at radius 1 is 1.15 bits per heavy atom. The molecule has 2 heterocycles. The zero-order valence-corrected chi connectivity index (χ0v) is 14.9. The van der Waals surface area contributed by atoms with E-state index in [4.69, 9.17) is 18.6 Å². The Labute approximate surface area is 152 Å². The quantitative estimate of drug-likeness (QED) is 0.403. The van der Waals surface area contributed by atoms with Crippen LogP contribution in [-0.2, 0) is 9.53 Å². The maximum Gasteiger partial charge on any atom is 0.363 e. The molecule has 0 saturated carbocycles. The van der Waals surface area contributed by atoms with Crippen molar-refractivity contribution in [1.29, 1.82) is 0 Å². The Morgan fingerprint density at radius 3 is 2.77 bits per heavy atom. The van der Waals surface area contributed by atoms with Gasteiger partial charge in [-0.25, -0.2) is 9.79 Å². The summed E-state index contributed by atoms with van der Waals surface area (Å²) in [4.78, 5) is 16.2. The number of aliphatic imine (C=N–C) groups is 1. The van der Waals surface area contributed by atoms with Gasteiger partial charge in [0, 0.05) is 0 Å². The number of cyclic esters (lactones) is 1. The van der Waals surface area contributed by atoms with Crippen LogP contribution in [0.15, 0.2) is 51.7 Å². The molecular formula is C20H21NO5. The molecule has 0 atom stereocenters. The lowest BCUT2D eigenvalue weighted by atomic mass is 10.1. The third kappa shape index (κ3) is 4.14. The smallest absolute Gasteiger partial charge is 0.363 e. The molecule has 2 aromatic rings. The third-order valence-electron chi connectivity index (χ3n) is 3.68. The van der Waals surface area contributed by atoms with E-state index < -0.39 is 5.97 Å². The van der Waals surface area contributed by atoms with Crippen LogP contribution >= 0.6 is 0 Å². The number of nitrogens with zero attached hydrogens (tertiary/aromatic N) is 1. The average molecular weight is 355 g/mol. The van der Waals surface area contributed by atoms with E-state index in [1.807, 2.05) is 25.1 Å². The molecule has 26 heavy (non-hydrogen) atoms. The van der Waals surface area contributed by atoms with E-state index in [1.165, 1.54) is 6.26 Å². The van der Waals surface area contributed by atoms with Crippen LogP contribution in [0.3, 0.4) is 0 Å². The number of carbonyl (C=O) groups excluding carboxylic acids is 1. The zero-order chi connectivity index (χ0) is 18.4. The van der Waals surface area contributed by atoms with E-state index in [-0.39, 0.29) is 11.6 Å². The summed E-state index contributed by atoms with van der Waals surface area (Å²) in [5.74, 6) is 1.39. The molecular weight excluding hydrogens is 334 g/mol. The van der Waals surface area contributed by atoms with Crippen molar-refractivity contribution in [2.45, 2.75) is 26.7 Å². The van der Waals surface area contributed by atoms with Crippen LogP contribution in [0.5, 0.6) is 11.5 Å². The second-order valence-corrected chi connectivity index (χ2v) is 5.65. The van der Waals surface area contributed by atoms with Gasteiger partial charge in [0.05, 0.1) is 19.5 Å². The molecule has 0 spiro atoms. The summed E-state index contributed by atoms with van der Waals surface area (Å²) in [5, 5.41) is 0. The van der Waals surface area contributed by atoms with Gasteiger partial charge in [-0.05, 0) is 49.2 Å². The van der Waals surface area contributed by atoms with Crippen LogP contribution in [0.1, 0.15) is 38.0 Å². The normalized spacial score (nSPS) is 15.1. The van der Waals surface area contributed by atoms with Crippen molar-refractivity contribution >= 4 is 17.9 Å². The molecule has 6 heteroatoms. The van der Waals surface area contributed by atoms with Gasteiger partial charge in [0.15, 0.2) is 23.0 Å². The molecule has 0 fully saturated rings. The SMILES string of the molecule is CCCCOc1ccc(/C=C2/N=C(c3ccco3)OC2=O)cc1OCC. The first kappa shape index (κ1) is 17.8. The molecule has 1 aliphatic rings. The molecule has 1 aromatic carbocycles. The van der Waals surface area contributed by atoms with Gasteiger partial charge in [-0.3, -0.25) is 0 Å². The number of rotatable bonds is 8. The summed E-state index contributed by atoms with van der Waals surface area (Å²) in [6.45, 7) is 5.18. The van der Waals surface area contributed by atoms with Gasteiger partial charge in [-0.15, -0.1) is 0 Å². The highest BCUT2D eigenvalue weighted by Crippen LogP contribution is 2.30. The zero-order valence-electron chi connectivity index (χ0n) is 14.9. The highest BCUT2D eigenvalue weighted by Gasteiger charge is 2.25. The van der Waals surface area contributed by atoms with E-state index in [0.29, 0.717) is 30.5 Å². The van der Waals surface area contributed by atoms with Gasteiger partial charge >= 0.3 is 5.97 Å². The van der Waals surface area contributed by atoms with Crippen LogP contribution in [0.4, 0.5) is 0 Å². The fourth-order valence-electron chi connectivity index (χ4n) is 2.40.